The number of phenolic OH excluding ortho intramolecular Hbond substituents is 2. The van der Waals surface area contributed by atoms with Gasteiger partial charge in [-0.05, 0) is 122 Å². The van der Waals surface area contributed by atoms with Crippen LogP contribution < -0.4 is 25.8 Å². The van der Waals surface area contributed by atoms with Crippen LogP contribution in [0.4, 0.5) is 0 Å². The number of nitrogens with zero attached hydrogens (tertiary/aromatic N) is 2. The third-order valence-electron chi connectivity index (χ3n) is 20.8. The number of nitrogens with two attached hydrogens (primary N) is 1. The van der Waals surface area contributed by atoms with Crippen LogP contribution in [-0.2, 0) is 75.1 Å². The highest BCUT2D eigenvalue weighted by Crippen LogP contribution is 2.43. The number of rotatable bonds is 40. The average molecular weight is 1510 g/mol. The lowest BCUT2D eigenvalue weighted by Crippen LogP contribution is -2.46. The maximum Gasteiger partial charge on any atom is 0.328 e. The van der Waals surface area contributed by atoms with E-state index in [0.29, 0.717) is 110 Å². The number of hydrogen-bond donors (Lipinski definition) is 6. The molecule has 23 nitrogen and oxygen atoms in total. The van der Waals surface area contributed by atoms with Crippen LogP contribution in [0.1, 0.15) is 255 Å². The molecule has 0 saturated carbocycles. The quantitative estimate of drug-likeness (QED) is 0.0178. The number of hydrogen-bond acceptors (Lipinski definition) is 18. The molecule has 0 aliphatic carbocycles. The molecule has 2 aliphatic rings. The van der Waals surface area contributed by atoms with Gasteiger partial charge in [-0.15, -0.1) is 0 Å². The van der Waals surface area contributed by atoms with Gasteiger partial charge in [0, 0.05) is 137 Å². The average Bonchev–Trinajstić information content (AvgIpc) is 0.787. The molecule has 8 atom stereocenters. The van der Waals surface area contributed by atoms with E-state index in [-0.39, 0.29) is 109 Å². The summed E-state index contributed by atoms with van der Waals surface area (Å²) < 4.78 is 16.5. The number of fused-ring (bicyclic) bond motifs is 10. The van der Waals surface area contributed by atoms with Crippen LogP contribution in [0.5, 0.6) is 23.0 Å². The number of carboxylic acid groups (broad SMARTS) is 1. The Morgan fingerprint density at radius 1 is 0.468 bits per heavy atom. The fourth-order valence-corrected chi connectivity index (χ4v) is 14.4. The van der Waals surface area contributed by atoms with E-state index in [2.05, 4.69) is 31.4 Å². The van der Waals surface area contributed by atoms with Gasteiger partial charge < -0.3 is 55.7 Å². The summed E-state index contributed by atoms with van der Waals surface area (Å²) in [6.45, 7) is 9.88. The third kappa shape index (κ3) is 28.4. The summed E-state index contributed by atoms with van der Waals surface area (Å²) in [5.41, 5.74) is 9.32. The normalized spacial score (nSPS) is 17.8. The minimum atomic E-state index is -1.33. The van der Waals surface area contributed by atoms with Crippen molar-refractivity contribution in [1.82, 2.24) is 20.4 Å². The first-order valence-electron chi connectivity index (χ1n) is 39.4. The molecule has 2 heterocycles. The Morgan fingerprint density at radius 2 is 0.844 bits per heavy atom. The summed E-state index contributed by atoms with van der Waals surface area (Å²) >= 11 is 0. The molecule has 0 saturated heterocycles. The van der Waals surface area contributed by atoms with E-state index in [9.17, 15) is 72.9 Å². The van der Waals surface area contributed by atoms with Gasteiger partial charge in [0.2, 0.25) is 23.6 Å². The number of benzene rings is 4. The second-order valence-electron chi connectivity index (χ2n) is 29.6. The van der Waals surface area contributed by atoms with Crippen LogP contribution in [0.2, 0.25) is 0 Å². The number of ether oxygens (including phenoxy) is 3. The largest absolute Gasteiger partial charge is 0.507 e. The number of phenols is 2. The lowest BCUT2D eigenvalue weighted by atomic mass is 9.88. The highest BCUT2D eigenvalue weighted by molar-refractivity contribution is 5.98. The Morgan fingerprint density at radius 3 is 1.31 bits per heavy atom. The van der Waals surface area contributed by atoms with Gasteiger partial charge in [-0.1, -0.05) is 136 Å². The molecule has 0 spiro atoms. The molecule has 6 rings (SSSR count). The summed E-state index contributed by atoms with van der Waals surface area (Å²) in [4.78, 5) is 163. The molecule has 598 valence electrons. The lowest BCUT2D eigenvalue weighted by Gasteiger charge is -2.32. The predicted octanol–water partition coefficient (Wildman–Crippen LogP) is 13.7. The van der Waals surface area contributed by atoms with E-state index in [1.165, 1.54) is 80.8 Å². The molecule has 7 N–H and O–H groups in total. The van der Waals surface area contributed by atoms with Crippen LogP contribution in [0.25, 0.3) is 22.3 Å². The summed E-state index contributed by atoms with van der Waals surface area (Å²) in [6, 6.07) is 14.8. The van der Waals surface area contributed by atoms with Crippen LogP contribution >= 0.6 is 0 Å². The number of methoxy groups -OCH3 is 3. The van der Waals surface area contributed by atoms with Gasteiger partial charge in [0.25, 0.3) is 0 Å². The second kappa shape index (κ2) is 47.1. The number of ketones is 6. The van der Waals surface area contributed by atoms with Crippen LogP contribution in [0.3, 0.4) is 0 Å². The zero-order valence-corrected chi connectivity index (χ0v) is 66.1. The zero-order valence-electron chi connectivity index (χ0n) is 66.1. The van der Waals surface area contributed by atoms with Crippen molar-refractivity contribution in [1.29, 1.82) is 0 Å². The van der Waals surface area contributed by atoms with Crippen molar-refractivity contribution in [2.45, 2.75) is 258 Å². The number of Topliss-reactive ketones (excluding diaryl/α,β-unsaturated/α-hetero) is 6. The highest BCUT2D eigenvalue weighted by Gasteiger charge is 2.39. The smallest absolute Gasteiger partial charge is 0.328 e. The minimum Gasteiger partial charge on any atom is -0.507 e. The first kappa shape index (κ1) is 90.5. The van der Waals surface area contributed by atoms with Crippen LogP contribution in [0, 0.1) is 23.7 Å². The van der Waals surface area contributed by atoms with Gasteiger partial charge in [0.15, 0.2) is 11.6 Å². The fourth-order valence-electron chi connectivity index (χ4n) is 14.4. The van der Waals surface area contributed by atoms with Crippen molar-refractivity contribution in [3.63, 3.8) is 0 Å². The molecule has 23 heteroatoms. The fraction of sp³-hybridized carbons (Fsp3) is 0.581. The number of carbonyl (C=O) groups excluding carboxylic acids is 11. The number of esters is 1. The number of nitrogens with one attached hydrogen (secondary N) is 2. The van der Waals surface area contributed by atoms with E-state index in [4.69, 9.17) is 19.9 Å². The molecule has 2 aliphatic heterocycles. The van der Waals surface area contributed by atoms with E-state index >= 15 is 0 Å². The Labute approximate surface area is 644 Å². The van der Waals surface area contributed by atoms with Gasteiger partial charge in [-0.3, -0.25) is 47.9 Å². The summed E-state index contributed by atoms with van der Waals surface area (Å²) in [7, 11) is 7.37. The third-order valence-corrected chi connectivity index (χ3v) is 20.8. The van der Waals surface area contributed by atoms with Crippen molar-refractivity contribution in [3.8, 4) is 45.3 Å². The summed E-state index contributed by atoms with van der Waals surface area (Å²) in [6.07, 6.45) is 17.5. The van der Waals surface area contributed by atoms with Crippen molar-refractivity contribution in [2.24, 2.45) is 29.4 Å². The van der Waals surface area contributed by atoms with E-state index in [1.54, 1.807) is 45.3 Å². The molecule has 4 aromatic rings. The number of aliphatic carboxylic acids is 1. The number of aromatic hydroxyl groups is 2. The van der Waals surface area contributed by atoms with Crippen molar-refractivity contribution < 1.29 is 87.1 Å². The Hall–Kier alpha value is -9.12. The van der Waals surface area contributed by atoms with Gasteiger partial charge in [-0.2, -0.15) is 0 Å². The zero-order chi connectivity index (χ0) is 80.3. The summed E-state index contributed by atoms with van der Waals surface area (Å²) in [5.74, 6) is -7.32. The maximum absolute atomic E-state index is 14.5. The Kier molecular flexibility index (Phi) is 39.1. The number of carbonyl (C=O) groups is 12. The number of amides is 4. The van der Waals surface area contributed by atoms with Crippen LogP contribution in [-0.4, -0.2) is 149 Å². The van der Waals surface area contributed by atoms with E-state index in [1.807, 2.05) is 12.1 Å². The lowest BCUT2D eigenvalue weighted by molar-refractivity contribution is -0.146. The van der Waals surface area contributed by atoms with Gasteiger partial charge in [0.05, 0.1) is 21.3 Å². The predicted molar refractivity (Wildman–Crippen MR) is 417 cm³/mol. The topological polar surface area (TPSA) is 350 Å². The number of likely N-dealkylation sites (N-methyl/N-ethyl adjacent to an activating group) is 2. The molecule has 4 aromatic carbocycles. The molecular weight excluding hydrogens is 1390 g/mol. The summed E-state index contributed by atoms with van der Waals surface area (Å²) in [5, 5.41) is 36.9. The second-order valence-corrected chi connectivity index (χ2v) is 29.6. The molecule has 0 radical (unpaired) electrons. The molecule has 4 amide bonds. The monoisotopic (exact) mass is 1510 g/mol. The van der Waals surface area contributed by atoms with E-state index in [0.717, 1.165) is 82.6 Å². The highest BCUT2D eigenvalue weighted by atomic mass is 16.5. The molecule has 0 aromatic heterocycles. The minimum absolute atomic E-state index is 0.0184. The van der Waals surface area contributed by atoms with E-state index < -0.39 is 83.3 Å². The molecular formula is C86H121N5O18. The first-order chi connectivity index (χ1) is 52.1. The van der Waals surface area contributed by atoms with Gasteiger partial charge in [0.1, 0.15) is 70.3 Å². The molecule has 0 unspecified atom stereocenters. The number of carboxylic acids is 1. The van der Waals surface area contributed by atoms with Crippen molar-refractivity contribution in [2.75, 3.05) is 42.0 Å². The standard InChI is InChI=1S/C45H64N2O9.C41H57N3O9/c1-8-10-12-13-15-18-34(48)19-16-20-35(49)28-33(17-14-11-9-2)44(52)47(4)42-32-22-24-41(55-6)37(29-32)36-26-31(21-23-40(36)54-5)27-38(45(53)56-7)46-43(51)30(3)25-39(42)50;1-4-5-6-7-8-13-30(45)14-11-15-31(46)24-29(12-9-10-20-42)40(51)44(3)38-28-17-19-36(48)33(25-28)32-22-27(16-18-35(32)47)23-34(41(52)53)43-39(50)26(2)21-37(38)49/h21-24,26,29-30,33,38,42H,8-20,25,27-28H2,1-7H3,(H,46,51);16-19,22,25-26,29,34,38,47-48H,4-15,20-21,23-24,42H2,1-3H3,(H,43,50)(H,52,53)/t30-,33-,38+,42+;26-,29-,34+,38+/m11/s1. The Bertz CT molecular complexity index is 3740. The molecule has 109 heavy (non-hydrogen) atoms. The Balaban J connectivity index is 0.000000391. The van der Waals surface area contributed by atoms with Gasteiger partial charge >= 0.3 is 11.9 Å². The SMILES string of the molecule is CCCCCCCC(=O)CCCC(=O)C[C@@H](CCCCC)C(=O)N(C)[C@@H]1C(=O)C[C@@H](C)C(=O)N[C@H](C(=O)OC)Cc2ccc(OC)c(c2)-c2cc1ccc2OC.CCCCCCCC(=O)CCCC(=O)C[C@@H](CCCCN)C(=O)N(C)[C@@H]1C(=O)C[C@@H](C)C(=O)N[C@H](C(=O)O)Cc2ccc(O)c(c2)-c2cc1ccc2O. The van der Waals surface area contributed by atoms with Gasteiger partial charge in [-0.25, -0.2) is 9.59 Å². The first-order valence-corrected chi connectivity index (χ1v) is 39.4. The number of unbranched alkanes of at least 4 members (excludes halogenated alkanes) is 11. The molecule has 8 bridgehead atoms. The molecule has 0 fully saturated rings. The van der Waals surface area contributed by atoms with Crippen molar-refractivity contribution >= 4 is 70.3 Å². The van der Waals surface area contributed by atoms with Crippen molar-refractivity contribution in [3.05, 3.63) is 95.1 Å². The van der Waals surface area contributed by atoms with Crippen LogP contribution in [0.15, 0.2) is 72.8 Å². The maximum atomic E-state index is 14.5.